The quantitative estimate of drug-likeness (QED) is 0.0413. The lowest BCUT2D eigenvalue weighted by Gasteiger charge is -2.32. The van der Waals surface area contributed by atoms with Gasteiger partial charge in [-0.1, -0.05) is 60.7 Å². The predicted molar refractivity (Wildman–Crippen MR) is 160 cm³/mol. The lowest BCUT2D eigenvalue weighted by molar-refractivity contribution is -0.546. The van der Waals surface area contributed by atoms with Crippen molar-refractivity contribution in [3.8, 4) is 0 Å². The van der Waals surface area contributed by atoms with Crippen LogP contribution in [0.1, 0.15) is 19.4 Å². The van der Waals surface area contributed by atoms with E-state index in [-0.39, 0.29) is 22.9 Å². The van der Waals surface area contributed by atoms with E-state index >= 15 is 0 Å². The van der Waals surface area contributed by atoms with Gasteiger partial charge < -0.3 is 14.2 Å². The van der Waals surface area contributed by atoms with Gasteiger partial charge in [-0.15, -0.1) is 5.17 Å². The first-order chi connectivity index (χ1) is 20.5. The largest absolute Gasteiger partial charge is 0.453 e. The third-order valence-corrected chi connectivity index (χ3v) is 7.21. The summed E-state index contributed by atoms with van der Waals surface area (Å²) in [6.07, 6.45) is -1.49. The first kappa shape index (κ1) is 33.3. The zero-order chi connectivity index (χ0) is 31.6. The standard InChI is InChI=1S/C27H29N5O9S2/c1-18(40-26(34)27(19(2)42,32(37)38)29-21-13-7-4-8-14-21)24(30(28)39-17-20-11-5-3-6-12-20)25(33)41-43-23-16-10-9-15-22(23)31(35)36/h3-16,18-19,24,29,42H,17,28H2,1-2H3/t18-,19-,24+,27-/m1/s1. The fourth-order valence-electron chi connectivity index (χ4n) is 3.78. The average Bonchev–Trinajstić information content (AvgIpc) is 2.98. The zero-order valence-corrected chi connectivity index (χ0v) is 24.7. The lowest BCUT2D eigenvalue weighted by Crippen LogP contribution is -2.62. The maximum absolute atomic E-state index is 13.5. The lowest BCUT2D eigenvalue weighted by atomic mass is 10.1. The number of hydroxylamine groups is 1. The van der Waals surface area contributed by atoms with Crippen LogP contribution in [-0.2, 0) is 30.0 Å². The molecule has 0 aliphatic heterocycles. The molecule has 0 unspecified atom stereocenters. The second-order valence-corrected chi connectivity index (χ2v) is 10.6. The number of anilines is 1. The van der Waals surface area contributed by atoms with E-state index in [0.29, 0.717) is 22.8 Å². The van der Waals surface area contributed by atoms with Crippen molar-refractivity contribution in [1.82, 2.24) is 5.17 Å². The molecule has 0 bridgehead atoms. The van der Waals surface area contributed by atoms with Gasteiger partial charge in [0.1, 0.15) is 28.3 Å². The van der Waals surface area contributed by atoms with Crippen molar-refractivity contribution in [3.63, 3.8) is 0 Å². The van der Waals surface area contributed by atoms with Gasteiger partial charge in [-0.25, -0.2) is 15.4 Å². The van der Waals surface area contributed by atoms with Crippen LogP contribution in [0.25, 0.3) is 0 Å². The van der Waals surface area contributed by atoms with Gasteiger partial charge in [0.2, 0.25) is 0 Å². The van der Waals surface area contributed by atoms with E-state index in [0.717, 1.165) is 0 Å². The van der Waals surface area contributed by atoms with Crippen LogP contribution in [0.4, 0.5) is 11.4 Å². The van der Waals surface area contributed by atoms with E-state index in [9.17, 15) is 29.8 Å². The molecule has 0 fully saturated rings. The third-order valence-electron chi connectivity index (χ3n) is 6.06. The molecule has 0 radical (unpaired) electrons. The van der Waals surface area contributed by atoms with E-state index in [2.05, 4.69) is 17.9 Å². The number of carbonyl (C=O) groups is 2. The number of hydrogen-bond acceptors (Lipinski definition) is 14. The number of benzene rings is 3. The molecule has 0 spiro atoms. The van der Waals surface area contributed by atoms with Gasteiger partial charge in [-0.3, -0.25) is 25.1 Å². The van der Waals surface area contributed by atoms with Gasteiger partial charge in [0.25, 0.3) is 5.69 Å². The number of nitro benzene ring substituents is 1. The summed E-state index contributed by atoms with van der Waals surface area (Å²) in [6, 6.07) is 20.6. The number of nitro groups is 2. The second-order valence-electron chi connectivity index (χ2n) is 9.08. The normalized spacial score (nSPS) is 14.5. The van der Waals surface area contributed by atoms with Crippen LogP contribution < -0.4 is 11.2 Å². The minimum absolute atomic E-state index is 0.0151. The summed E-state index contributed by atoms with van der Waals surface area (Å²) in [5, 5.41) is 25.7. The van der Waals surface area contributed by atoms with Crippen LogP contribution in [-0.4, -0.2) is 50.0 Å². The van der Waals surface area contributed by atoms with Crippen molar-refractivity contribution in [2.45, 2.75) is 48.4 Å². The molecule has 228 valence electrons. The highest BCUT2D eigenvalue weighted by molar-refractivity contribution is 7.95. The van der Waals surface area contributed by atoms with Crippen molar-refractivity contribution in [3.05, 3.63) is 111 Å². The Balaban J connectivity index is 1.87. The molecule has 16 heteroatoms. The van der Waals surface area contributed by atoms with E-state index < -0.39 is 44.8 Å². The predicted octanol–water partition coefficient (Wildman–Crippen LogP) is 4.16. The van der Waals surface area contributed by atoms with E-state index in [1.54, 1.807) is 48.5 Å². The average molecular weight is 632 g/mol. The summed E-state index contributed by atoms with van der Waals surface area (Å²) in [4.78, 5) is 54.5. The van der Waals surface area contributed by atoms with Gasteiger partial charge >= 0.3 is 17.6 Å². The molecule has 0 aliphatic carbocycles. The Morgan fingerprint density at radius 1 is 1.00 bits per heavy atom. The minimum atomic E-state index is -2.57. The third kappa shape index (κ3) is 8.42. The van der Waals surface area contributed by atoms with Crippen molar-refractivity contribution in [1.29, 1.82) is 0 Å². The van der Waals surface area contributed by atoms with Gasteiger partial charge in [0.15, 0.2) is 6.04 Å². The van der Waals surface area contributed by atoms with Gasteiger partial charge in [-0.2, -0.15) is 12.6 Å². The molecular weight excluding hydrogens is 602 g/mol. The number of rotatable bonds is 15. The van der Waals surface area contributed by atoms with Gasteiger partial charge in [0, 0.05) is 11.8 Å². The summed E-state index contributed by atoms with van der Waals surface area (Å²) in [7, 11) is 0. The summed E-state index contributed by atoms with van der Waals surface area (Å²) in [5.74, 6) is 3.61. The zero-order valence-electron chi connectivity index (χ0n) is 23.0. The van der Waals surface area contributed by atoms with Crippen LogP contribution in [0.5, 0.6) is 0 Å². The number of nitrogens with zero attached hydrogens (tertiary/aromatic N) is 3. The molecule has 0 saturated heterocycles. The minimum Gasteiger partial charge on any atom is -0.453 e. The SMILES string of the molecule is C[C@@H](OC(=O)[C@@](Nc1ccccc1)([C@@H](C)S)[N+](=O)[O-])[C@@H](C(=O)OSc1ccccc1[N+](=O)[O-])N(N)OCc1ccccc1. The Labute approximate surface area is 256 Å². The Kier molecular flexibility index (Phi) is 11.8. The molecule has 0 heterocycles. The molecule has 3 rings (SSSR count). The molecule has 3 aromatic rings. The van der Waals surface area contributed by atoms with E-state index in [1.165, 1.54) is 50.2 Å². The van der Waals surface area contributed by atoms with Gasteiger partial charge in [-0.05, 0) is 37.6 Å². The van der Waals surface area contributed by atoms with Crippen molar-refractivity contribution in [2.75, 3.05) is 5.32 Å². The highest BCUT2D eigenvalue weighted by atomic mass is 32.2. The molecule has 0 amide bonds. The van der Waals surface area contributed by atoms with Crippen LogP contribution in [0.3, 0.4) is 0 Å². The second kappa shape index (κ2) is 15.3. The molecule has 4 atom stereocenters. The number of nitrogens with one attached hydrogen (secondary N) is 1. The van der Waals surface area contributed by atoms with Crippen LogP contribution in [0, 0.1) is 20.2 Å². The molecule has 0 saturated carbocycles. The topological polar surface area (TPSA) is 189 Å². The van der Waals surface area contributed by atoms with E-state index in [4.69, 9.17) is 19.6 Å². The summed E-state index contributed by atoms with van der Waals surface area (Å²) < 4.78 is 10.7. The highest BCUT2D eigenvalue weighted by Crippen LogP contribution is 2.31. The number of ether oxygens (including phenoxy) is 1. The molecule has 3 aromatic carbocycles. The number of esters is 1. The van der Waals surface area contributed by atoms with E-state index in [1.807, 2.05) is 0 Å². The Hall–Kier alpha value is -4.22. The Morgan fingerprint density at radius 3 is 2.16 bits per heavy atom. The Morgan fingerprint density at radius 2 is 1.58 bits per heavy atom. The maximum Gasteiger partial charge on any atom is 0.409 e. The highest BCUT2D eigenvalue weighted by Gasteiger charge is 2.58. The number of carbonyl (C=O) groups excluding carboxylic acids is 2. The van der Waals surface area contributed by atoms with Crippen LogP contribution in [0.2, 0.25) is 0 Å². The fraction of sp³-hybridized carbons (Fsp3) is 0.259. The maximum atomic E-state index is 13.5. The van der Waals surface area contributed by atoms with Gasteiger partial charge in [0.05, 0.1) is 16.5 Å². The van der Waals surface area contributed by atoms with Crippen molar-refractivity contribution >= 4 is 48.0 Å². The molecule has 0 aromatic heterocycles. The first-order valence-electron chi connectivity index (χ1n) is 12.7. The molecule has 3 N–H and O–H groups in total. The molecular formula is C27H29N5O9S2. The smallest absolute Gasteiger partial charge is 0.409 e. The first-order valence-corrected chi connectivity index (χ1v) is 13.9. The fourth-order valence-corrected chi connectivity index (χ4v) is 4.68. The number of hydrazine groups is 1. The van der Waals surface area contributed by atoms with Crippen LogP contribution in [0.15, 0.2) is 89.8 Å². The molecule has 0 aliphatic rings. The Bertz CT molecular complexity index is 1420. The molecule has 14 nitrogen and oxygen atoms in total. The van der Waals surface area contributed by atoms with Crippen molar-refractivity contribution < 1.29 is 33.2 Å². The van der Waals surface area contributed by atoms with Crippen LogP contribution >= 0.6 is 24.7 Å². The number of nitrogens with two attached hydrogens (primary N) is 1. The number of thiol groups is 1. The summed E-state index contributed by atoms with van der Waals surface area (Å²) in [5.41, 5.74) is -1.95. The van der Waals surface area contributed by atoms with Crippen molar-refractivity contribution in [2.24, 2.45) is 5.84 Å². The number of para-hydroxylation sites is 2. The summed E-state index contributed by atoms with van der Waals surface area (Å²) in [6.45, 7) is 2.50. The number of hydrogen-bond donors (Lipinski definition) is 3. The molecule has 43 heavy (non-hydrogen) atoms. The summed E-state index contributed by atoms with van der Waals surface area (Å²) >= 11 is 4.60. The monoisotopic (exact) mass is 631 g/mol.